The van der Waals surface area contributed by atoms with Gasteiger partial charge in [0.05, 0.1) is 0 Å². The molecule has 1 aromatic heterocycles. The van der Waals surface area contributed by atoms with Crippen LogP contribution in [0.5, 0.6) is 0 Å². The molecule has 0 spiro atoms. The molecule has 0 aliphatic carbocycles. The first-order valence-corrected chi connectivity index (χ1v) is 19.0. The van der Waals surface area contributed by atoms with Crippen molar-refractivity contribution < 1.29 is 19.1 Å². The molecule has 4 rings (SSSR count). The van der Waals surface area contributed by atoms with Crippen LogP contribution < -0.4 is 5.73 Å². The maximum Gasteiger partial charge on any atom is 0.303 e. The number of hydrogen-bond donors (Lipinski definition) is 2. The molecule has 1 saturated heterocycles. The fourth-order valence-electron chi connectivity index (χ4n) is 6.46. The van der Waals surface area contributed by atoms with E-state index >= 15 is 0 Å². The molecule has 2 heterocycles. The standard InChI is InChI=1S/C30H41ClN4O3.C8H9F.2C2H6/c1-7-8-25(36)30(6,35-15-13-21(14-16-35)9-12-26(37)38)27-20(5)33-29(34-28(27)32)19(4)23-11-10-22(31)17-24(23)18(2)3;1-2-7-5-3-4-6-8(7)9;2*1-2/h10-11,17-18,21H,4,7-9,12-16H2,1-3,5-6H3,(H,37,38)(H2,32,33,34);3-6H,2H2,1H3;2*1-2H3. The number of carboxylic acid groups (broad SMARTS) is 1. The van der Waals surface area contributed by atoms with E-state index in [2.05, 4.69) is 25.3 Å². The number of benzene rings is 2. The maximum absolute atomic E-state index is 13.7. The molecule has 3 N–H and O–H groups in total. The van der Waals surface area contributed by atoms with Crippen LogP contribution in [0.1, 0.15) is 141 Å². The van der Waals surface area contributed by atoms with Crippen molar-refractivity contribution in [2.75, 3.05) is 18.8 Å². The van der Waals surface area contributed by atoms with Crippen molar-refractivity contribution in [2.45, 2.75) is 126 Å². The number of anilines is 1. The Hall–Kier alpha value is -3.62. The summed E-state index contributed by atoms with van der Waals surface area (Å²) in [7, 11) is 0. The van der Waals surface area contributed by atoms with E-state index in [4.69, 9.17) is 32.4 Å². The van der Waals surface area contributed by atoms with E-state index < -0.39 is 11.5 Å². The Kier molecular flexibility index (Phi) is 19.9. The first-order valence-electron chi connectivity index (χ1n) is 18.6. The van der Waals surface area contributed by atoms with Crippen LogP contribution in [-0.4, -0.2) is 44.8 Å². The number of nitrogens with zero attached hydrogens (tertiary/aromatic N) is 3. The molecular formula is C42H62ClFN4O3. The van der Waals surface area contributed by atoms with Crippen molar-refractivity contribution >= 4 is 34.7 Å². The molecule has 2 aromatic carbocycles. The monoisotopic (exact) mass is 724 g/mol. The molecule has 1 atom stereocenters. The first kappa shape index (κ1) is 45.4. The van der Waals surface area contributed by atoms with Gasteiger partial charge in [0.2, 0.25) is 0 Å². The number of rotatable bonds is 12. The van der Waals surface area contributed by atoms with Crippen molar-refractivity contribution in [2.24, 2.45) is 5.92 Å². The van der Waals surface area contributed by atoms with Gasteiger partial charge >= 0.3 is 5.97 Å². The quantitative estimate of drug-likeness (QED) is 0.191. The zero-order chi connectivity index (χ0) is 38.9. The number of aromatic nitrogens is 2. The summed E-state index contributed by atoms with van der Waals surface area (Å²) in [4.78, 5) is 36.4. The van der Waals surface area contributed by atoms with Crippen LogP contribution >= 0.6 is 11.6 Å². The number of likely N-dealkylation sites (tertiary alicyclic amines) is 1. The predicted molar refractivity (Wildman–Crippen MR) is 212 cm³/mol. The summed E-state index contributed by atoms with van der Waals surface area (Å²) >= 11 is 6.26. The largest absolute Gasteiger partial charge is 0.481 e. The lowest BCUT2D eigenvalue weighted by Gasteiger charge is -2.45. The molecule has 0 bridgehead atoms. The van der Waals surface area contributed by atoms with E-state index in [1.165, 1.54) is 6.07 Å². The van der Waals surface area contributed by atoms with E-state index in [9.17, 15) is 14.0 Å². The number of aliphatic carboxylic acids is 1. The average molecular weight is 725 g/mol. The molecule has 51 heavy (non-hydrogen) atoms. The highest BCUT2D eigenvalue weighted by molar-refractivity contribution is 6.30. The highest BCUT2D eigenvalue weighted by atomic mass is 35.5. The molecule has 0 saturated carbocycles. The summed E-state index contributed by atoms with van der Waals surface area (Å²) in [5, 5.41) is 9.72. The number of piperidine rings is 1. The number of carbonyl (C=O) groups is 2. The van der Waals surface area contributed by atoms with E-state index in [0.717, 1.165) is 42.4 Å². The van der Waals surface area contributed by atoms with Gasteiger partial charge in [0, 0.05) is 34.7 Å². The Morgan fingerprint density at radius 2 is 1.67 bits per heavy atom. The minimum Gasteiger partial charge on any atom is -0.481 e. The summed E-state index contributed by atoms with van der Waals surface area (Å²) < 4.78 is 12.6. The lowest BCUT2D eigenvalue weighted by Crippen LogP contribution is -2.53. The highest BCUT2D eigenvalue weighted by Crippen LogP contribution is 2.40. The van der Waals surface area contributed by atoms with Gasteiger partial charge in [0.25, 0.3) is 0 Å². The van der Waals surface area contributed by atoms with Gasteiger partial charge in [-0.15, -0.1) is 0 Å². The molecule has 1 fully saturated rings. The zero-order valence-electron chi connectivity index (χ0n) is 32.7. The Morgan fingerprint density at radius 3 is 2.16 bits per heavy atom. The second kappa shape index (κ2) is 22.3. The number of carbonyl (C=O) groups excluding carboxylic acids is 1. The molecule has 9 heteroatoms. The Morgan fingerprint density at radius 1 is 1.06 bits per heavy atom. The number of halogens is 2. The fraction of sp³-hybridized carbons (Fsp3) is 0.524. The topological polar surface area (TPSA) is 109 Å². The van der Waals surface area contributed by atoms with Crippen LogP contribution in [0.4, 0.5) is 10.2 Å². The Labute approximate surface area is 311 Å². The molecule has 1 aliphatic heterocycles. The lowest BCUT2D eigenvalue weighted by atomic mass is 9.80. The van der Waals surface area contributed by atoms with Crippen molar-refractivity contribution in [1.29, 1.82) is 0 Å². The summed E-state index contributed by atoms with van der Waals surface area (Å²) in [5.74, 6) is 0.513. The van der Waals surface area contributed by atoms with Gasteiger partial charge in [-0.25, -0.2) is 14.4 Å². The van der Waals surface area contributed by atoms with Gasteiger partial charge in [-0.1, -0.05) is 97.8 Å². The van der Waals surface area contributed by atoms with Crippen LogP contribution in [-0.2, 0) is 21.5 Å². The molecule has 0 radical (unpaired) electrons. The molecule has 1 unspecified atom stereocenters. The number of hydrogen-bond acceptors (Lipinski definition) is 6. The zero-order valence-corrected chi connectivity index (χ0v) is 33.5. The number of nitrogens with two attached hydrogens (primary N) is 1. The Balaban J connectivity index is 0.000000850. The fourth-order valence-corrected chi connectivity index (χ4v) is 6.64. The SMILES string of the molecule is C=C(c1nc(C)c(C(C)(C(=O)CCC)N2CCC(CCC(=O)O)CC2)c(N)n1)c1ccc(Cl)cc1C(C)C.CC.CC.CCc1ccccc1F. The number of ketones is 1. The predicted octanol–water partition coefficient (Wildman–Crippen LogP) is 10.8. The third-order valence-electron chi connectivity index (χ3n) is 9.21. The van der Waals surface area contributed by atoms with Crippen molar-refractivity contribution in [3.05, 3.63) is 93.7 Å². The van der Waals surface area contributed by atoms with Gasteiger partial charge in [-0.05, 0) is 106 Å². The first-order chi connectivity index (χ1) is 24.2. The summed E-state index contributed by atoms with van der Waals surface area (Å²) in [5.41, 5.74) is 10.4. The summed E-state index contributed by atoms with van der Waals surface area (Å²) in [6, 6.07) is 12.5. The van der Waals surface area contributed by atoms with Gasteiger partial charge in [-0.3, -0.25) is 14.5 Å². The maximum atomic E-state index is 13.7. The van der Waals surface area contributed by atoms with E-state index in [0.29, 0.717) is 59.5 Å². The van der Waals surface area contributed by atoms with Gasteiger partial charge in [0.1, 0.15) is 17.2 Å². The summed E-state index contributed by atoms with van der Waals surface area (Å²) in [6.07, 6.45) is 4.43. The smallest absolute Gasteiger partial charge is 0.303 e. The summed E-state index contributed by atoms with van der Waals surface area (Å²) in [6.45, 7) is 25.6. The minimum atomic E-state index is -0.967. The van der Waals surface area contributed by atoms with Crippen LogP contribution in [0.3, 0.4) is 0 Å². The molecule has 3 aromatic rings. The average Bonchev–Trinajstić information content (AvgIpc) is 3.12. The third kappa shape index (κ3) is 12.2. The van der Waals surface area contributed by atoms with Gasteiger partial charge < -0.3 is 10.8 Å². The molecule has 7 nitrogen and oxygen atoms in total. The van der Waals surface area contributed by atoms with Crippen molar-refractivity contribution in [1.82, 2.24) is 14.9 Å². The molecule has 1 aliphatic rings. The van der Waals surface area contributed by atoms with Crippen LogP contribution in [0.25, 0.3) is 5.57 Å². The number of Topliss-reactive ketones (excluding diaryl/α,β-unsaturated/α-hetero) is 1. The third-order valence-corrected chi connectivity index (χ3v) is 9.44. The second-order valence-corrected chi connectivity index (χ2v) is 13.2. The molecule has 282 valence electrons. The van der Waals surface area contributed by atoms with E-state index in [-0.39, 0.29) is 29.8 Å². The van der Waals surface area contributed by atoms with Gasteiger partial charge in [-0.2, -0.15) is 0 Å². The second-order valence-electron chi connectivity index (χ2n) is 12.8. The normalized spacial score (nSPS) is 14.1. The highest BCUT2D eigenvalue weighted by Gasteiger charge is 2.44. The lowest BCUT2D eigenvalue weighted by molar-refractivity contribution is -0.137. The van der Waals surface area contributed by atoms with Crippen molar-refractivity contribution in [3.63, 3.8) is 0 Å². The minimum absolute atomic E-state index is 0.0914. The van der Waals surface area contributed by atoms with E-state index in [1.54, 1.807) is 12.1 Å². The van der Waals surface area contributed by atoms with Crippen LogP contribution in [0.2, 0.25) is 5.02 Å². The Bertz CT molecular complexity index is 1550. The number of aryl methyl sites for hydroxylation is 2. The molecular weight excluding hydrogens is 663 g/mol. The molecule has 0 amide bonds. The van der Waals surface area contributed by atoms with E-state index in [1.807, 2.05) is 79.7 Å². The number of carboxylic acids is 1. The van der Waals surface area contributed by atoms with Gasteiger partial charge in [0.15, 0.2) is 11.6 Å². The van der Waals surface area contributed by atoms with Crippen LogP contribution in [0, 0.1) is 18.7 Å². The van der Waals surface area contributed by atoms with Crippen LogP contribution in [0.15, 0.2) is 49.0 Å². The number of nitrogen functional groups attached to an aromatic ring is 1. The van der Waals surface area contributed by atoms with Crippen molar-refractivity contribution in [3.8, 4) is 0 Å².